The number of esters is 1. The van der Waals surface area contributed by atoms with Gasteiger partial charge in [-0.25, -0.2) is 4.79 Å². The molecule has 0 aromatic carbocycles. The predicted octanol–water partition coefficient (Wildman–Crippen LogP) is 0.528. The highest BCUT2D eigenvalue weighted by molar-refractivity contribution is 5.84. The third kappa shape index (κ3) is 3.67. The maximum atomic E-state index is 11.2. The maximum absolute atomic E-state index is 11.2. The van der Waals surface area contributed by atoms with Crippen LogP contribution >= 0.6 is 0 Å². The molecule has 1 aromatic rings. The van der Waals surface area contributed by atoms with E-state index in [0.29, 0.717) is 25.5 Å². The first-order valence-electron chi connectivity index (χ1n) is 4.97. The molecule has 84 valence electrons. The zero-order chi connectivity index (χ0) is 11.1. The number of nitrogens with zero attached hydrogens (tertiary/aromatic N) is 2. The number of hydrogen-bond donors (Lipinski definition) is 1. The fourth-order valence-corrected chi connectivity index (χ4v) is 1.06. The van der Waals surface area contributed by atoms with E-state index in [1.54, 1.807) is 6.92 Å². The lowest BCUT2D eigenvalue weighted by atomic mass is 10.2. The van der Waals surface area contributed by atoms with Crippen LogP contribution in [0.3, 0.4) is 0 Å². The van der Waals surface area contributed by atoms with Gasteiger partial charge in [0.05, 0.1) is 6.61 Å². The molecule has 1 rings (SSSR count). The fraction of sp³-hybridized carbons (Fsp3) is 0.667. The van der Waals surface area contributed by atoms with Crippen molar-refractivity contribution in [3.05, 3.63) is 11.7 Å². The highest BCUT2D eigenvalue weighted by Gasteiger charge is 2.14. The number of unbranched alkanes of at least 4 members (excludes halogenated alkanes) is 1. The topological polar surface area (TPSA) is 91.2 Å². The molecular formula is C9H15N3O3. The maximum Gasteiger partial charge on any atom is 0.379 e. The Labute approximate surface area is 87.8 Å². The summed E-state index contributed by atoms with van der Waals surface area (Å²) in [5.41, 5.74) is 5.34. The minimum Gasteiger partial charge on any atom is -0.460 e. The van der Waals surface area contributed by atoms with Gasteiger partial charge in [-0.15, -0.1) is 0 Å². The molecule has 2 N–H and O–H groups in total. The second-order valence-electron chi connectivity index (χ2n) is 2.98. The van der Waals surface area contributed by atoms with Gasteiger partial charge in [0, 0.05) is 6.42 Å². The first kappa shape index (κ1) is 11.6. The number of ether oxygens (including phenoxy) is 1. The van der Waals surface area contributed by atoms with Crippen LogP contribution in [0.4, 0.5) is 0 Å². The minimum absolute atomic E-state index is 0.0143. The lowest BCUT2D eigenvalue weighted by molar-refractivity contribution is 0.0508. The highest BCUT2D eigenvalue weighted by atomic mass is 16.5. The van der Waals surface area contributed by atoms with Crippen LogP contribution in [0.15, 0.2) is 4.52 Å². The van der Waals surface area contributed by atoms with Gasteiger partial charge in [-0.3, -0.25) is 0 Å². The Hall–Kier alpha value is -1.43. The van der Waals surface area contributed by atoms with E-state index >= 15 is 0 Å². The number of nitrogens with two attached hydrogens (primary N) is 1. The molecular weight excluding hydrogens is 198 g/mol. The van der Waals surface area contributed by atoms with E-state index in [2.05, 4.69) is 10.1 Å². The molecule has 1 aromatic heterocycles. The van der Waals surface area contributed by atoms with Gasteiger partial charge in [0.25, 0.3) is 5.82 Å². The molecule has 0 aliphatic carbocycles. The van der Waals surface area contributed by atoms with Gasteiger partial charge < -0.3 is 15.0 Å². The van der Waals surface area contributed by atoms with Crippen molar-refractivity contribution in [1.29, 1.82) is 0 Å². The molecule has 6 heteroatoms. The van der Waals surface area contributed by atoms with E-state index in [1.807, 2.05) is 0 Å². The van der Waals surface area contributed by atoms with Crippen molar-refractivity contribution in [3.8, 4) is 0 Å². The SMILES string of the molecule is CCOC(=O)c1noc(CCCCN)n1. The van der Waals surface area contributed by atoms with Crippen LogP contribution in [0.5, 0.6) is 0 Å². The molecule has 0 saturated heterocycles. The van der Waals surface area contributed by atoms with E-state index < -0.39 is 5.97 Å². The summed E-state index contributed by atoms with van der Waals surface area (Å²) in [5, 5.41) is 3.52. The summed E-state index contributed by atoms with van der Waals surface area (Å²) in [6.45, 7) is 2.66. The summed E-state index contributed by atoms with van der Waals surface area (Å²) in [5.74, 6) is -0.113. The highest BCUT2D eigenvalue weighted by Crippen LogP contribution is 2.03. The second kappa shape index (κ2) is 6.13. The zero-order valence-electron chi connectivity index (χ0n) is 8.73. The predicted molar refractivity (Wildman–Crippen MR) is 52.2 cm³/mol. The summed E-state index contributed by atoms with van der Waals surface area (Å²) in [4.78, 5) is 15.1. The van der Waals surface area contributed by atoms with Crippen LogP contribution in [0, 0.1) is 0 Å². The van der Waals surface area contributed by atoms with E-state index in [9.17, 15) is 4.79 Å². The Balaban J connectivity index is 2.45. The number of carbonyl (C=O) groups is 1. The first-order valence-corrected chi connectivity index (χ1v) is 4.97. The third-order valence-electron chi connectivity index (χ3n) is 1.77. The van der Waals surface area contributed by atoms with Crippen LogP contribution in [0.2, 0.25) is 0 Å². The van der Waals surface area contributed by atoms with Crippen LogP contribution in [0.25, 0.3) is 0 Å². The van der Waals surface area contributed by atoms with Crippen LogP contribution in [-0.2, 0) is 11.2 Å². The van der Waals surface area contributed by atoms with Crippen LogP contribution in [-0.4, -0.2) is 29.3 Å². The number of hydrogen-bond acceptors (Lipinski definition) is 6. The molecule has 1 heterocycles. The Morgan fingerprint density at radius 3 is 3.00 bits per heavy atom. The Kier molecular flexibility index (Phi) is 4.76. The lowest BCUT2D eigenvalue weighted by Gasteiger charge is -1.93. The molecule has 0 aliphatic heterocycles. The molecule has 0 amide bonds. The van der Waals surface area contributed by atoms with Crippen molar-refractivity contribution in [2.24, 2.45) is 5.73 Å². The van der Waals surface area contributed by atoms with Crippen LogP contribution < -0.4 is 5.73 Å². The van der Waals surface area contributed by atoms with Gasteiger partial charge in [-0.1, -0.05) is 0 Å². The summed E-state index contributed by atoms with van der Waals surface area (Å²) >= 11 is 0. The van der Waals surface area contributed by atoms with Crippen molar-refractivity contribution in [2.45, 2.75) is 26.2 Å². The van der Waals surface area contributed by atoms with Gasteiger partial charge in [0.2, 0.25) is 5.89 Å². The van der Waals surface area contributed by atoms with Crippen molar-refractivity contribution in [2.75, 3.05) is 13.2 Å². The first-order chi connectivity index (χ1) is 7.27. The Morgan fingerprint density at radius 2 is 2.33 bits per heavy atom. The molecule has 0 bridgehead atoms. The van der Waals surface area contributed by atoms with Gasteiger partial charge >= 0.3 is 5.97 Å². The molecule has 0 saturated carbocycles. The number of aromatic nitrogens is 2. The molecule has 0 fully saturated rings. The van der Waals surface area contributed by atoms with Crippen molar-refractivity contribution >= 4 is 5.97 Å². The molecule has 0 aliphatic rings. The largest absolute Gasteiger partial charge is 0.460 e. The average molecular weight is 213 g/mol. The summed E-state index contributed by atoms with van der Waals surface area (Å²) in [6, 6.07) is 0. The Morgan fingerprint density at radius 1 is 1.53 bits per heavy atom. The van der Waals surface area contributed by atoms with E-state index in [4.69, 9.17) is 15.0 Å². The number of aryl methyl sites for hydroxylation is 1. The number of carbonyl (C=O) groups excluding carboxylic acids is 1. The molecule has 6 nitrogen and oxygen atoms in total. The summed E-state index contributed by atoms with van der Waals surface area (Å²) in [6.07, 6.45) is 2.42. The standard InChI is InChI=1S/C9H15N3O3/c1-2-14-9(13)8-11-7(15-12-8)5-3-4-6-10/h2-6,10H2,1H3. The fourth-order valence-electron chi connectivity index (χ4n) is 1.06. The van der Waals surface area contributed by atoms with E-state index in [0.717, 1.165) is 12.8 Å². The number of rotatable bonds is 6. The molecule has 0 atom stereocenters. The van der Waals surface area contributed by atoms with Gasteiger partial charge in [0.1, 0.15) is 0 Å². The molecule has 15 heavy (non-hydrogen) atoms. The average Bonchev–Trinajstić information content (AvgIpc) is 2.67. The van der Waals surface area contributed by atoms with Gasteiger partial charge in [-0.2, -0.15) is 4.98 Å². The second-order valence-corrected chi connectivity index (χ2v) is 2.98. The summed E-state index contributed by atoms with van der Waals surface area (Å²) in [7, 11) is 0. The molecule has 0 unspecified atom stereocenters. The zero-order valence-corrected chi connectivity index (χ0v) is 8.73. The summed E-state index contributed by atoms with van der Waals surface area (Å²) < 4.78 is 9.60. The minimum atomic E-state index is -0.550. The van der Waals surface area contributed by atoms with Gasteiger partial charge in [-0.05, 0) is 31.5 Å². The lowest BCUT2D eigenvalue weighted by Crippen LogP contribution is -2.06. The van der Waals surface area contributed by atoms with Crippen molar-refractivity contribution < 1.29 is 14.1 Å². The van der Waals surface area contributed by atoms with Crippen LogP contribution in [0.1, 0.15) is 36.3 Å². The Bertz CT molecular complexity index is 311. The third-order valence-corrected chi connectivity index (χ3v) is 1.77. The quantitative estimate of drug-likeness (QED) is 0.547. The normalized spacial score (nSPS) is 10.3. The van der Waals surface area contributed by atoms with Crippen molar-refractivity contribution in [3.63, 3.8) is 0 Å². The smallest absolute Gasteiger partial charge is 0.379 e. The molecule has 0 spiro atoms. The molecule has 0 radical (unpaired) electrons. The van der Waals surface area contributed by atoms with E-state index in [1.165, 1.54) is 0 Å². The van der Waals surface area contributed by atoms with E-state index in [-0.39, 0.29) is 5.82 Å². The monoisotopic (exact) mass is 213 g/mol. The van der Waals surface area contributed by atoms with Crippen molar-refractivity contribution in [1.82, 2.24) is 10.1 Å². The van der Waals surface area contributed by atoms with Gasteiger partial charge in [0.15, 0.2) is 0 Å².